The summed E-state index contributed by atoms with van der Waals surface area (Å²) in [5.74, 6) is -0.657. The smallest absolute Gasteiger partial charge is 0.328 e. The molecule has 0 aliphatic carbocycles. The quantitative estimate of drug-likeness (QED) is 0.643. The number of esters is 1. The maximum absolute atomic E-state index is 12.2. The Balaban J connectivity index is 2.64. The van der Waals surface area contributed by atoms with Gasteiger partial charge in [-0.3, -0.25) is 4.79 Å². The van der Waals surface area contributed by atoms with Gasteiger partial charge in [-0.1, -0.05) is 25.4 Å². The molecule has 0 spiro atoms. The summed E-state index contributed by atoms with van der Waals surface area (Å²) in [5.41, 5.74) is 0. The molecule has 4 nitrogen and oxygen atoms in total. The number of hydrogen-bond acceptors (Lipinski definition) is 4. The lowest BCUT2D eigenvalue weighted by Gasteiger charge is -2.21. The van der Waals surface area contributed by atoms with Crippen LogP contribution in [0.1, 0.15) is 20.8 Å². The van der Waals surface area contributed by atoms with Crippen molar-refractivity contribution in [3.8, 4) is 0 Å². The fourth-order valence-corrected chi connectivity index (χ4v) is 2.67. The molecular weight excluding hydrogens is 310 g/mol. The molecule has 0 saturated carbocycles. The summed E-state index contributed by atoms with van der Waals surface area (Å²) in [6, 6.07) is 6.64. The highest BCUT2D eigenvalue weighted by molar-refractivity contribution is 8.00. The van der Waals surface area contributed by atoms with Crippen molar-refractivity contribution in [2.45, 2.75) is 37.0 Å². The average molecular weight is 330 g/mol. The second-order valence-corrected chi connectivity index (χ2v) is 6.82. The lowest BCUT2D eigenvalue weighted by atomic mass is 10.0. The third kappa shape index (κ3) is 5.59. The van der Waals surface area contributed by atoms with Crippen LogP contribution in [0, 0.1) is 5.92 Å². The molecule has 116 valence electrons. The largest absolute Gasteiger partial charge is 0.467 e. The maximum atomic E-state index is 12.2. The molecule has 0 heterocycles. The SMILES string of the molecule is COC(=O)C(NC(=O)C(C)Sc1ccc(Cl)cc1)C(C)C. The number of nitrogens with one attached hydrogen (secondary N) is 1. The average Bonchev–Trinajstić information content (AvgIpc) is 2.45. The predicted molar refractivity (Wildman–Crippen MR) is 85.6 cm³/mol. The van der Waals surface area contributed by atoms with Gasteiger partial charge in [0.2, 0.25) is 5.91 Å². The van der Waals surface area contributed by atoms with Crippen LogP contribution in [-0.4, -0.2) is 30.3 Å². The number of rotatable bonds is 6. The van der Waals surface area contributed by atoms with Crippen molar-refractivity contribution >= 4 is 35.2 Å². The molecule has 1 aromatic rings. The van der Waals surface area contributed by atoms with Crippen LogP contribution in [-0.2, 0) is 14.3 Å². The zero-order valence-corrected chi connectivity index (χ0v) is 14.1. The Kier molecular flexibility index (Phi) is 7.05. The summed E-state index contributed by atoms with van der Waals surface area (Å²) >= 11 is 7.24. The van der Waals surface area contributed by atoms with Gasteiger partial charge in [0, 0.05) is 9.92 Å². The molecule has 0 aliphatic rings. The first-order chi connectivity index (χ1) is 9.85. The van der Waals surface area contributed by atoms with Crippen molar-refractivity contribution in [3.63, 3.8) is 0 Å². The molecule has 1 rings (SSSR count). The van der Waals surface area contributed by atoms with Crippen LogP contribution in [0.3, 0.4) is 0 Å². The molecule has 0 saturated heterocycles. The molecule has 6 heteroatoms. The van der Waals surface area contributed by atoms with Crippen LogP contribution >= 0.6 is 23.4 Å². The highest BCUT2D eigenvalue weighted by Gasteiger charge is 2.27. The van der Waals surface area contributed by atoms with Gasteiger partial charge in [0.05, 0.1) is 12.4 Å². The number of ether oxygens (including phenoxy) is 1. The molecule has 2 atom stereocenters. The van der Waals surface area contributed by atoms with Crippen molar-refractivity contribution in [2.75, 3.05) is 7.11 Å². The molecule has 1 N–H and O–H groups in total. The van der Waals surface area contributed by atoms with Gasteiger partial charge in [0.1, 0.15) is 6.04 Å². The third-order valence-electron chi connectivity index (χ3n) is 2.92. The predicted octanol–water partition coefficient (Wildman–Crippen LogP) is 3.13. The van der Waals surface area contributed by atoms with Crippen molar-refractivity contribution in [2.24, 2.45) is 5.92 Å². The maximum Gasteiger partial charge on any atom is 0.328 e. The van der Waals surface area contributed by atoms with E-state index >= 15 is 0 Å². The second-order valence-electron chi connectivity index (χ2n) is 4.97. The van der Waals surface area contributed by atoms with Crippen molar-refractivity contribution in [3.05, 3.63) is 29.3 Å². The monoisotopic (exact) mass is 329 g/mol. The molecule has 0 radical (unpaired) electrons. The van der Waals surface area contributed by atoms with Gasteiger partial charge in [-0.25, -0.2) is 4.79 Å². The summed E-state index contributed by atoms with van der Waals surface area (Å²) in [4.78, 5) is 24.8. The summed E-state index contributed by atoms with van der Waals surface area (Å²) in [6.07, 6.45) is 0. The fraction of sp³-hybridized carbons (Fsp3) is 0.467. The van der Waals surface area contributed by atoms with E-state index in [0.717, 1.165) is 4.90 Å². The topological polar surface area (TPSA) is 55.4 Å². The van der Waals surface area contributed by atoms with Gasteiger partial charge >= 0.3 is 5.97 Å². The minimum absolute atomic E-state index is 0.0332. The molecule has 0 aromatic heterocycles. The number of amides is 1. The van der Waals surface area contributed by atoms with Gasteiger partial charge in [-0.15, -0.1) is 11.8 Å². The number of carbonyl (C=O) groups is 2. The molecule has 0 aliphatic heterocycles. The van der Waals surface area contributed by atoms with E-state index in [4.69, 9.17) is 16.3 Å². The molecule has 2 unspecified atom stereocenters. The highest BCUT2D eigenvalue weighted by atomic mass is 35.5. The minimum atomic E-state index is -0.629. The third-order valence-corrected chi connectivity index (χ3v) is 4.28. The summed E-state index contributed by atoms with van der Waals surface area (Å²) < 4.78 is 4.71. The number of benzene rings is 1. The van der Waals surface area contributed by atoms with E-state index in [1.165, 1.54) is 18.9 Å². The summed E-state index contributed by atoms with van der Waals surface area (Å²) in [6.45, 7) is 5.51. The van der Waals surface area contributed by atoms with E-state index in [-0.39, 0.29) is 17.1 Å². The summed E-state index contributed by atoms with van der Waals surface area (Å²) in [7, 11) is 1.32. The zero-order valence-electron chi connectivity index (χ0n) is 12.6. The van der Waals surface area contributed by atoms with Crippen LogP contribution in [0.15, 0.2) is 29.2 Å². The van der Waals surface area contributed by atoms with E-state index in [2.05, 4.69) is 5.32 Å². The van der Waals surface area contributed by atoms with Gasteiger partial charge in [0.25, 0.3) is 0 Å². The van der Waals surface area contributed by atoms with Gasteiger partial charge < -0.3 is 10.1 Å². The molecule has 0 bridgehead atoms. The summed E-state index contributed by atoms with van der Waals surface area (Å²) in [5, 5.41) is 3.07. The van der Waals surface area contributed by atoms with E-state index in [9.17, 15) is 9.59 Å². The number of methoxy groups -OCH3 is 1. The first-order valence-corrected chi connectivity index (χ1v) is 7.91. The zero-order chi connectivity index (χ0) is 16.0. The highest BCUT2D eigenvalue weighted by Crippen LogP contribution is 2.25. The molecule has 1 aromatic carbocycles. The minimum Gasteiger partial charge on any atom is -0.467 e. The van der Waals surface area contributed by atoms with Gasteiger partial charge in [-0.2, -0.15) is 0 Å². The normalized spacial score (nSPS) is 13.6. The van der Waals surface area contributed by atoms with E-state index < -0.39 is 12.0 Å². The molecule has 21 heavy (non-hydrogen) atoms. The van der Waals surface area contributed by atoms with E-state index in [1.54, 1.807) is 19.1 Å². The van der Waals surface area contributed by atoms with Gasteiger partial charge in [0.15, 0.2) is 0 Å². The standard InChI is InChI=1S/C15H20ClNO3S/c1-9(2)13(15(19)20-4)17-14(18)10(3)21-12-7-5-11(16)6-8-12/h5-10,13H,1-4H3,(H,17,18). The fourth-order valence-electron chi connectivity index (χ4n) is 1.67. The number of thioether (sulfide) groups is 1. The Labute approximate surface area is 134 Å². The Hall–Kier alpha value is -1.20. The number of hydrogen-bond donors (Lipinski definition) is 1. The molecular formula is C15H20ClNO3S. The Bertz CT molecular complexity index is 490. The van der Waals surface area contributed by atoms with Crippen molar-refractivity contribution in [1.29, 1.82) is 0 Å². The number of carbonyl (C=O) groups excluding carboxylic acids is 2. The number of halogens is 1. The Morgan fingerprint density at radius 1 is 1.19 bits per heavy atom. The lowest BCUT2D eigenvalue weighted by Crippen LogP contribution is -2.47. The van der Waals surface area contributed by atoms with E-state index in [1.807, 2.05) is 26.0 Å². The Morgan fingerprint density at radius 3 is 2.24 bits per heavy atom. The van der Waals surface area contributed by atoms with Crippen LogP contribution < -0.4 is 5.32 Å². The Morgan fingerprint density at radius 2 is 1.76 bits per heavy atom. The van der Waals surface area contributed by atoms with E-state index in [0.29, 0.717) is 5.02 Å². The molecule has 0 fully saturated rings. The van der Waals surface area contributed by atoms with Crippen LogP contribution in [0.4, 0.5) is 0 Å². The van der Waals surface area contributed by atoms with Crippen LogP contribution in [0.25, 0.3) is 0 Å². The van der Waals surface area contributed by atoms with Gasteiger partial charge in [-0.05, 0) is 37.1 Å². The van der Waals surface area contributed by atoms with Crippen LogP contribution in [0.5, 0.6) is 0 Å². The van der Waals surface area contributed by atoms with Crippen molar-refractivity contribution < 1.29 is 14.3 Å². The van der Waals surface area contributed by atoms with Crippen molar-refractivity contribution in [1.82, 2.24) is 5.32 Å². The first-order valence-electron chi connectivity index (χ1n) is 6.65. The first kappa shape index (κ1) is 17.9. The lowest BCUT2D eigenvalue weighted by molar-refractivity contribution is -0.146. The molecule has 1 amide bonds. The van der Waals surface area contributed by atoms with Crippen LogP contribution in [0.2, 0.25) is 5.02 Å². The second kappa shape index (κ2) is 8.29.